The fourth-order valence-electron chi connectivity index (χ4n) is 2.51. The molecule has 0 fully saturated rings. The van der Waals surface area contributed by atoms with Crippen LogP contribution in [0, 0.1) is 12.7 Å². The lowest BCUT2D eigenvalue weighted by Crippen LogP contribution is -2.28. The third-order valence-electron chi connectivity index (χ3n) is 3.66. The number of amides is 1. The molecule has 0 saturated carbocycles. The van der Waals surface area contributed by atoms with Gasteiger partial charge >= 0.3 is 0 Å². The van der Waals surface area contributed by atoms with Crippen LogP contribution < -0.4 is 10.6 Å². The van der Waals surface area contributed by atoms with Crippen LogP contribution in [0.25, 0.3) is 0 Å². The average molecular weight is 270 g/mol. The topological polar surface area (TPSA) is 46.3 Å². The minimum atomic E-state index is -0.354. The highest BCUT2D eigenvalue weighted by Gasteiger charge is 2.25. The van der Waals surface area contributed by atoms with Gasteiger partial charge in [0.15, 0.2) is 0 Å². The lowest BCUT2D eigenvalue weighted by atomic mass is 10.1. The predicted octanol–water partition coefficient (Wildman–Crippen LogP) is 2.92. The Balaban J connectivity index is 1.95. The number of aryl methyl sites for hydroxylation is 1. The van der Waals surface area contributed by atoms with Crippen molar-refractivity contribution in [2.45, 2.75) is 13.3 Å². The molecule has 0 atom stereocenters. The number of anilines is 2. The van der Waals surface area contributed by atoms with Gasteiger partial charge in [-0.1, -0.05) is 6.07 Å². The van der Waals surface area contributed by atoms with E-state index in [0.717, 1.165) is 17.7 Å². The van der Waals surface area contributed by atoms with E-state index in [1.807, 2.05) is 12.1 Å². The fraction of sp³-hybridized carbons (Fsp3) is 0.188. The first kappa shape index (κ1) is 12.7. The van der Waals surface area contributed by atoms with E-state index in [0.29, 0.717) is 23.4 Å². The molecule has 0 aliphatic carbocycles. The van der Waals surface area contributed by atoms with Gasteiger partial charge in [-0.25, -0.2) is 4.39 Å². The molecule has 0 radical (unpaired) electrons. The molecular weight excluding hydrogens is 255 g/mol. The van der Waals surface area contributed by atoms with E-state index in [1.165, 1.54) is 6.07 Å². The number of carbonyl (C=O) groups excluding carboxylic acids is 1. The SMILES string of the molecule is Cc1ccc(C(=O)N2CCc3cc(N)ccc32)cc1F. The van der Waals surface area contributed by atoms with Crippen molar-refractivity contribution in [3.8, 4) is 0 Å². The summed E-state index contributed by atoms with van der Waals surface area (Å²) >= 11 is 0. The van der Waals surface area contributed by atoms with E-state index < -0.39 is 0 Å². The number of carbonyl (C=O) groups is 1. The normalized spacial score (nSPS) is 13.4. The third kappa shape index (κ3) is 2.03. The predicted molar refractivity (Wildman–Crippen MR) is 77.4 cm³/mol. The molecule has 2 N–H and O–H groups in total. The van der Waals surface area contributed by atoms with Gasteiger partial charge in [-0.3, -0.25) is 4.79 Å². The number of halogens is 1. The van der Waals surface area contributed by atoms with Gasteiger partial charge in [-0.2, -0.15) is 0 Å². The van der Waals surface area contributed by atoms with E-state index >= 15 is 0 Å². The molecule has 1 amide bonds. The lowest BCUT2D eigenvalue weighted by Gasteiger charge is -2.17. The van der Waals surface area contributed by atoms with Crippen molar-refractivity contribution >= 4 is 17.3 Å². The molecule has 102 valence electrons. The number of hydrogen-bond donors (Lipinski definition) is 1. The van der Waals surface area contributed by atoms with Crippen LogP contribution in [0.15, 0.2) is 36.4 Å². The maximum Gasteiger partial charge on any atom is 0.258 e. The summed E-state index contributed by atoms with van der Waals surface area (Å²) in [6.07, 6.45) is 0.778. The number of rotatable bonds is 1. The Kier molecular flexibility index (Phi) is 2.93. The van der Waals surface area contributed by atoms with Crippen LogP contribution in [-0.4, -0.2) is 12.5 Å². The number of nitrogens with zero attached hydrogens (tertiary/aromatic N) is 1. The molecule has 0 saturated heterocycles. The summed E-state index contributed by atoms with van der Waals surface area (Å²) in [4.78, 5) is 14.2. The van der Waals surface area contributed by atoms with E-state index in [-0.39, 0.29) is 11.7 Å². The van der Waals surface area contributed by atoms with Crippen LogP contribution in [-0.2, 0) is 6.42 Å². The van der Waals surface area contributed by atoms with Crippen molar-refractivity contribution in [3.63, 3.8) is 0 Å². The Hall–Kier alpha value is -2.36. The largest absolute Gasteiger partial charge is 0.399 e. The van der Waals surface area contributed by atoms with Gasteiger partial charge in [0, 0.05) is 23.5 Å². The second-order valence-electron chi connectivity index (χ2n) is 5.06. The number of fused-ring (bicyclic) bond motifs is 1. The van der Waals surface area contributed by atoms with Gasteiger partial charge in [0.2, 0.25) is 0 Å². The van der Waals surface area contributed by atoms with Crippen molar-refractivity contribution < 1.29 is 9.18 Å². The lowest BCUT2D eigenvalue weighted by molar-refractivity contribution is 0.0989. The molecule has 0 spiro atoms. The zero-order valence-corrected chi connectivity index (χ0v) is 11.2. The van der Waals surface area contributed by atoms with Crippen LogP contribution in [0.5, 0.6) is 0 Å². The van der Waals surface area contributed by atoms with Crippen molar-refractivity contribution in [1.82, 2.24) is 0 Å². The molecule has 1 aliphatic rings. The highest BCUT2D eigenvalue weighted by atomic mass is 19.1. The number of benzene rings is 2. The van der Waals surface area contributed by atoms with Crippen LogP contribution >= 0.6 is 0 Å². The first-order valence-electron chi connectivity index (χ1n) is 6.52. The Labute approximate surface area is 116 Å². The Morgan fingerprint density at radius 2 is 2.05 bits per heavy atom. The van der Waals surface area contributed by atoms with Crippen molar-refractivity contribution in [1.29, 1.82) is 0 Å². The van der Waals surface area contributed by atoms with E-state index in [4.69, 9.17) is 5.73 Å². The minimum Gasteiger partial charge on any atom is -0.399 e. The molecule has 2 aromatic carbocycles. The summed E-state index contributed by atoms with van der Waals surface area (Å²) in [5.41, 5.74) is 9.28. The van der Waals surface area contributed by atoms with Crippen LogP contribution in [0.4, 0.5) is 15.8 Å². The summed E-state index contributed by atoms with van der Waals surface area (Å²) < 4.78 is 13.6. The van der Waals surface area contributed by atoms with Crippen molar-refractivity contribution in [2.75, 3.05) is 17.2 Å². The standard InChI is InChI=1S/C16H15FN2O/c1-10-2-3-12(9-14(10)17)16(20)19-7-6-11-8-13(18)4-5-15(11)19/h2-5,8-9H,6-7,18H2,1H3. The van der Waals surface area contributed by atoms with Gasteiger partial charge in [-0.05, 0) is 54.8 Å². The summed E-state index contributed by atoms with van der Waals surface area (Å²) in [6, 6.07) is 10.1. The summed E-state index contributed by atoms with van der Waals surface area (Å²) in [5, 5.41) is 0. The van der Waals surface area contributed by atoms with E-state index in [1.54, 1.807) is 30.0 Å². The molecule has 3 rings (SSSR count). The molecule has 20 heavy (non-hydrogen) atoms. The molecule has 0 aromatic heterocycles. The number of hydrogen-bond acceptors (Lipinski definition) is 2. The average Bonchev–Trinajstić information content (AvgIpc) is 2.84. The molecule has 0 unspecified atom stereocenters. The van der Waals surface area contributed by atoms with Gasteiger partial charge in [0.1, 0.15) is 5.82 Å². The Bertz CT molecular complexity index is 697. The molecular formula is C16H15FN2O. The number of nitrogen functional groups attached to an aromatic ring is 1. The van der Waals surface area contributed by atoms with Crippen LogP contribution in [0.3, 0.4) is 0 Å². The summed E-state index contributed by atoms with van der Waals surface area (Å²) in [6.45, 7) is 2.28. The highest BCUT2D eigenvalue weighted by molar-refractivity contribution is 6.07. The molecule has 3 nitrogen and oxygen atoms in total. The monoisotopic (exact) mass is 270 g/mol. The molecule has 0 bridgehead atoms. The first-order valence-corrected chi connectivity index (χ1v) is 6.52. The van der Waals surface area contributed by atoms with Gasteiger partial charge in [0.25, 0.3) is 5.91 Å². The van der Waals surface area contributed by atoms with Gasteiger partial charge in [0.05, 0.1) is 0 Å². The zero-order chi connectivity index (χ0) is 14.3. The molecule has 1 heterocycles. The summed E-state index contributed by atoms with van der Waals surface area (Å²) in [7, 11) is 0. The van der Waals surface area contributed by atoms with Gasteiger partial charge in [-0.15, -0.1) is 0 Å². The summed E-state index contributed by atoms with van der Waals surface area (Å²) in [5.74, 6) is -0.528. The van der Waals surface area contributed by atoms with Crippen LogP contribution in [0.2, 0.25) is 0 Å². The highest BCUT2D eigenvalue weighted by Crippen LogP contribution is 2.30. The maximum absolute atomic E-state index is 13.6. The Morgan fingerprint density at radius 3 is 2.80 bits per heavy atom. The Morgan fingerprint density at radius 1 is 1.25 bits per heavy atom. The second kappa shape index (κ2) is 4.63. The van der Waals surface area contributed by atoms with Crippen molar-refractivity contribution in [2.24, 2.45) is 0 Å². The minimum absolute atomic E-state index is 0.174. The smallest absolute Gasteiger partial charge is 0.258 e. The van der Waals surface area contributed by atoms with Crippen LogP contribution in [0.1, 0.15) is 21.5 Å². The molecule has 4 heteroatoms. The van der Waals surface area contributed by atoms with Gasteiger partial charge < -0.3 is 10.6 Å². The maximum atomic E-state index is 13.6. The first-order chi connectivity index (χ1) is 9.56. The number of nitrogens with two attached hydrogens (primary N) is 1. The second-order valence-corrected chi connectivity index (χ2v) is 5.06. The van der Waals surface area contributed by atoms with E-state index in [9.17, 15) is 9.18 Å². The zero-order valence-electron chi connectivity index (χ0n) is 11.2. The molecule has 1 aliphatic heterocycles. The van der Waals surface area contributed by atoms with E-state index in [2.05, 4.69) is 0 Å². The molecule has 2 aromatic rings. The quantitative estimate of drug-likeness (QED) is 0.810. The third-order valence-corrected chi connectivity index (χ3v) is 3.66. The fourth-order valence-corrected chi connectivity index (χ4v) is 2.51. The van der Waals surface area contributed by atoms with Crippen molar-refractivity contribution in [3.05, 3.63) is 58.9 Å².